The second-order valence-electron chi connectivity index (χ2n) is 5.24. The first kappa shape index (κ1) is 20.0. The van der Waals surface area contributed by atoms with Crippen molar-refractivity contribution < 1.29 is 0 Å². The molecule has 0 aromatic carbocycles. The van der Waals surface area contributed by atoms with Crippen LogP contribution in [0.3, 0.4) is 0 Å². The van der Waals surface area contributed by atoms with Gasteiger partial charge in [-0.3, -0.25) is 9.98 Å². The highest BCUT2D eigenvalue weighted by atomic mass is 15.0. The van der Waals surface area contributed by atoms with E-state index in [0.717, 1.165) is 25.3 Å². The third-order valence-corrected chi connectivity index (χ3v) is 2.65. The van der Waals surface area contributed by atoms with E-state index in [4.69, 9.17) is 11.5 Å². The van der Waals surface area contributed by atoms with Crippen molar-refractivity contribution in [1.29, 1.82) is 0 Å². The van der Waals surface area contributed by atoms with Gasteiger partial charge in [0.15, 0.2) is 5.96 Å². The zero-order valence-electron chi connectivity index (χ0n) is 12.2. The average molecular weight is 268 g/mol. The van der Waals surface area contributed by atoms with Gasteiger partial charge >= 0.3 is 0 Å². The Kier molecular flexibility index (Phi) is 12.4. The predicted molar refractivity (Wildman–Crippen MR) is 87.5 cm³/mol. The molecule has 0 amide bonds. The van der Waals surface area contributed by atoms with Crippen LogP contribution in [-0.4, -0.2) is 18.7 Å². The standard InChI is InChI=1S/C7H17N3.C7H11N.CH4/c1-6(2)4-3-5-10-7(8)9;1-6(2)7-3-4-8-5-7;/h6H,3-5H2,1-2H3,(H4,8,9,10);4-6H,3H2,1-2H3;1H4. The van der Waals surface area contributed by atoms with E-state index in [2.05, 4.69) is 37.7 Å². The topological polar surface area (TPSA) is 76.8 Å². The Bertz CT molecular complexity index is 297. The second kappa shape index (κ2) is 11.8. The molecule has 0 unspecified atom stereocenters. The molecule has 0 radical (unpaired) electrons. The number of hydrogen-bond acceptors (Lipinski definition) is 2. The first-order chi connectivity index (χ1) is 8.43. The summed E-state index contributed by atoms with van der Waals surface area (Å²) in [4.78, 5) is 7.87. The molecule has 4 N–H and O–H groups in total. The molecule has 1 aliphatic rings. The summed E-state index contributed by atoms with van der Waals surface area (Å²) in [7, 11) is 0. The van der Waals surface area contributed by atoms with E-state index in [1.54, 1.807) is 0 Å². The summed E-state index contributed by atoms with van der Waals surface area (Å²) in [6, 6.07) is 0. The van der Waals surface area contributed by atoms with Crippen molar-refractivity contribution in [2.75, 3.05) is 6.54 Å². The summed E-state index contributed by atoms with van der Waals surface area (Å²) >= 11 is 0. The van der Waals surface area contributed by atoms with Gasteiger partial charge in [-0.15, -0.1) is 0 Å². The lowest BCUT2D eigenvalue weighted by molar-refractivity contribution is 0.561. The summed E-state index contributed by atoms with van der Waals surface area (Å²) in [6.07, 6.45) is 7.25. The van der Waals surface area contributed by atoms with Crippen LogP contribution in [0, 0.1) is 11.8 Å². The monoisotopic (exact) mass is 268 g/mol. The molecule has 0 fully saturated rings. The van der Waals surface area contributed by atoms with Crippen LogP contribution >= 0.6 is 0 Å². The average Bonchev–Trinajstić information content (AvgIpc) is 2.78. The summed E-state index contributed by atoms with van der Waals surface area (Å²) in [5.74, 6) is 1.62. The van der Waals surface area contributed by atoms with Crippen molar-refractivity contribution in [3.63, 3.8) is 0 Å². The van der Waals surface area contributed by atoms with Crippen LogP contribution in [0.15, 0.2) is 21.8 Å². The molecule has 4 nitrogen and oxygen atoms in total. The zero-order chi connectivity index (χ0) is 14.0. The van der Waals surface area contributed by atoms with Gasteiger partial charge in [-0.2, -0.15) is 0 Å². The van der Waals surface area contributed by atoms with Crippen molar-refractivity contribution in [2.24, 2.45) is 33.3 Å². The minimum atomic E-state index is 0. The van der Waals surface area contributed by atoms with Gasteiger partial charge in [-0.05, 0) is 30.3 Å². The lowest BCUT2D eigenvalue weighted by atomic mass is 10.0. The Morgan fingerprint density at radius 1 is 1.32 bits per heavy atom. The van der Waals surface area contributed by atoms with E-state index in [-0.39, 0.29) is 13.4 Å². The molecule has 0 aliphatic carbocycles. The summed E-state index contributed by atoms with van der Waals surface area (Å²) in [6.45, 7) is 9.53. The second-order valence-corrected chi connectivity index (χ2v) is 5.24. The third-order valence-electron chi connectivity index (χ3n) is 2.65. The van der Waals surface area contributed by atoms with Gasteiger partial charge < -0.3 is 11.5 Å². The SMILES string of the molecule is C.CC(C)C1=CN=CC1.CC(C)CCCN=C(N)N. The summed E-state index contributed by atoms with van der Waals surface area (Å²) < 4.78 is 0. The molecule has 1 heterocycles. The maximum Gasteiger partial charge on any atom is 0.185 e. The highest BCUT2D eigenvalue weighted by Gasteiger charge is 2.03. The molecular formula is C15H32N4. The number of allylic oxidation sites excluding steroid dienone is 1. The molecule has 1 rings (SSSR count). The maximum absolute atomic E-state index is 5.14. The normalized spacial score (nSPS) is 12.6. The van der Waals surface area contributed by atoms with Crippen LogP contribution in [-0.2, 0) is 0 Å². The minimum absolute atomic E-state index is 0. The number of nitrogens with zero attached hydrogens (tertiary/aromatic N) is 2. The van der Waals surface area contributed by atoms with E-state index in [1.165, 1.54) is 12.0 Å². The highest BCUT2D eigenvalue weighted by molar-refractivity contribution is 5.75. The fourth-order valence-electron chi connectivity index (χ4n) is 1.45. The Balaban J connectivity index is 0. The molecule has 0 bridgehead atoms. The van der Waals surface area contributed by atoms with Crippen LogP contribution in [0.4, 0.5) is 0 Å². The lowest BCUT2D eigenvalue weighted by Gasteiger charge is -2.01. The largest absolute Gasteiger partial charge is 0.370 e. The van der Waals surface area contributed by atoms with E-state index in [9.17, 15) is 0 Å². The first-order valence-corrected chi connectivity index (χ1v) is 6.69. The Hall–Kier alpha value is -1.32. The quantitative estimate of drug-likeness (QED) is 0.456. The number of aliphatic imine (C=N–C) groups is 2. The van der Waals surface area contributed by atoms with Crippen LogP contribution in [0.1, 0.15) is 54.4 Å². The van der Waals surface area contributed by atoms with E-state index >= 15 is 0 Å². The molecule has 112 valence electrons. The molecule has 1 aliphatic heterocycles. The molecule has 0 aromatic rings. The molecule has 0 aromatic heterocycles. The molecule has 19 heavy (non-hydrogen) atoms. The van der Waals surface area contributed by atoms with Crippen molar-refractivity contribution in [3.8, 4) is 0 Å². The fraction of sp³-hybridized carbons (Fsp3) is 0.733. The van der Waals surface area contributed by atoms with E-state index in [0.29, 0.717) is 5.92 Å². The van der Waals surface area contributed by atoms with Gasteiger partial charge in [0, 0.05) is 25.4 Å². The molecule has 4 heteroatoms. The molecule has 0 saturated heterocycles. The van der Waals surface area contributed by atoms with Crippen LogP contribution in [0.25, 0.3) is 0 Å². The van der Waals surface area contributed by atoms with Gasteiger partial charge in [0.25, 0.3) is 0 Å². The van der Waals surface area contributed by atoms with Crippen molar-refractivity contribution >= 4 is 12.2 Å². The Morgan fingerprint density at radius 3 is 2.26 bits per heavy atom. The minimum Gasteiger partial charge on any atom is -0.370 e. The molecule has 0 atom stereocenters. The van der Waals surface area contributed by atoms with Gasteiger partial charge in [-0.25, -0.2) is 0 Å². The van der Waals surface area contributed by atoms with Crippen LogP contribution in [0.2, 0.25) is 0 Å². The van der Waals surface area contributed by atoms with E-state index < -0.39 is 0 Å². The fourth-order valence-corrected chi connectivity index (χ4v) is 1.45. The molecule has 0 saturated carbocycles. The maximum atomic E-state index is 5.14. The van der Waals surface area contributed by atoms with Gasteiger partial charge in [0.1, 0.15) is 0 Å². The number of guanidine groups is 1. The third kappa shape index (κ3) is 12.9. The van der Waals surface area contributed by atoms with Crippen molar-refractivity contribution in [2.45, 2.75) is 54.4 Å². The first-order valence-electron chi connectivity index (χ1n) is 6.69. The van der Waals surface area contributed by atoms with Crippen molar-refractivity contribution in [3.05, 3.63) is 11.8 Å². The lowest BCUT2D eigenvalue weighted by Crippen LogP contribution is -2.22. The Labute approximate surface area is 119 Å². The number of nitrogens with two attached hydrogens (primary N) is 2. The summed E-state index contributed by atoms with van der Waals surface area (Å²) in [5.41, 5.74) is 11.7. The number of rotatable bonds is 5. The smallest absolute Gasteiger partial charge is 0.185 e. The highest BCUT2D eigenvalue weighted by Crippen LogP contribution is 2.15. The van der Waals surface area contributed by atoms with E-state index in [1.807, 2.05) is 12.4 Å². The molecular weight excluding hydrogens is 236 g/mol. The Morgan fingerprint density at radius 2 is 1.95 bits per heavy atom. The van der Waals surface area contributed by atoms with Gasteiger partial charge in [0.05, 0.1) is 0 Å². The summed E-state index contributed by atoms with van der Waals surface area (Å²) in [5, 5.41) is 0. The van der Waals surface area contributed by atoms with Gasteiger partial charge in [0.2, 0.25) is 0 Å². The van der Waals surface area contributed by atoms with Crippen LogP contribution < -0.4 is 11.5 Å². The molecule has 0 spiro atoms. The van der Waals surface area contributed by atoms with Crippen LogP contribution in [0.5, 0.6) is 0 Å². The number of hydrogen-bond donors (Lipinski definition) is 2. The zero-order valence-corrected chi connectivity index (χ0v) is 12.2. The van der Waals surface area contributed by atoms with Gasteiger partial charge in [-0.1, -0.05) is 35.1 Å². The predicted octanol–water partition coefficient (Wildman–Crippen LogP) is 3.33. The van der Waals surface area contributed by atoms with Crippen molar-refractivity contribution in [1.82, 2.24) is 0 Å².